The molecule has 0 saturated heterocycles. The maximum atomic E-state index is 2.33. The van der Waals surface area contributed by atoms with Gasteiger partial charge in [0.15, 0.2) is 0 Å². The molecule has 0 atom stereocenters. The lowest BCUT2D eigenvalue weighted by Gasteiger charge is -2.11. The van der Waals surface area contributed by atoms with Crippen LogP contribution in [0, 0.1) is 12.8 Å². The minimum absolute atomic E-state index is 0.757. The molecule has 0 aliphatic rings. The highest BCUT2D eigenvalue weighted by molar-refractivity contribution is 5.31. The summed E-state index contributed by atoms with van der Waals surface area (Å²) in [6.07, 6.45) is 2.37. The lowest BCUT2D eigenvalue weighted by Crippen LogP contribution is -1.99. The predicted molar refractivity (Wildman–Crippen MR) is 81.8 cm³/mol. The molecule has 0 spiro atoms. The summed E-state index contributed by atoms with van der Waals surface area (Å²) >= 11 is 0. The second-order valence-corrected chi connectivity index (χ2v) is 4.22. The third kappa shape index (κ3) is 8.01. The quantitative estimate of drug-likeness (QED) is 0.621. The Bertz CT molecular complexity index is 271. The van der Waals surface area contributed by atoms with Crippen LogP contribution in [0.4, 0.5) is 0 Å². The molecule has 0 heteroatoms. The van der Waals surface area contributed by atoms with Gasteiger partial charge in [0.2, 0.25) is 0 Å². The van der Waals surface area contributed by atoms with Crippen LogP contribution in [0.25, 0.3) is 0 Å². The highest BCUT2D eigenvalue weighted by Crippen LogP contribution is 2.16. The molecule has 0 fully saturated rings. The molecule has 0 aliphatic heterocycles. The number of benzene rings is 1. The van der Waals surface area contributed by atoms with Gasteiger partial charge in [-0.05, 0) is 36.8 Å². The van der Waals surface area contributed by atoms with E-state index in [1.165, 1.54) is 23.1 Å². The second-order valence-electron chi connectivity index (χ2n) is 4.22. The van der Waals surface area contributed by atoms with E-state index in [2.05, 4.69) is 45.9 Å². The lowest BCUT2D eigenvalue weighted by molar-refractivity contribution is 0.643. The standard InChI is InChI=1S/C13H20.2C2H6/c1-5-12-7-6-11(4)9-13(12)8-10(2)3;2*1-2/h6-7,9-10H,5,8H2,1-4H3;2*1-2H3. The average molecular weight is 236 g/mol. The SMILES string of the molecule is CC.CC.CCc1ccc(C)cc1CC(C)C. The first-order valence-corrected chi connectivity index (χ1v) is 7.22. The first-order chi connectivity index (χ1) is 8.13. The van der Waals surface area contributed by atoms with E-state index in [1.54, 1.807) is 0 Å². The van der Waals surface area contributed by atoms with E-state index >= 15 is 0 Å². The van der Waals surface area contributed by atoms with Crippen molar-refractivity contribution >= 4 is 0 Å². The molecular formula is C17H32. The fourth-order valence-electron chi connectivity index (χ4n) is 1.73. The van der Waals surface area contributed by atoms with Crippen LogP contribution in [0.1, 0.15) is 65.2 Å². The third-order valence-electron chi connectivity index (χ3n) is 2.37. The zero-order valence-electron chi connectivity index (χ0n) is 13.2. The number of aryl methyl sites for hydroxylation is 2. The Kier molecular flexibility index (Phi) is 12.8. The molecule has 0 bridgehead atoms. The van der Waals surface area contributed by atoms with Crippen LogP contribution < -0.4 is 0 Å². The Hall–Kier alpha value is -0.780. The number of hydrogen-bond donors (Lipinski definition) is 0. The molecular weight excluding hydrogens is 204 g/mol. The van der Waals surface area contributed by atoms with Crippen molar-refractivity contribution in [3.63, 3.8) is 0 Å². The van der Waals surface area contributed by atoms with E-state index in [0.717, 1.165) is 12.3 Å². The molecule has 17 heavy (non-hydrogen) atoms. The van der Waals surface area contributed by atoms with Crippen LogP contribution in [0.15, 0.2) is 18.2 Å². The summed E-state index contributed by atoms with van der Waals surface area (Å²) in [7, 11) is 0. The smallest absolute Gasteiger partial charge is 0.0253 e. The van der Waals surface area contributed by atoms with Gasteiger partial charge in [-0.15, -0.1) is 0 Å². The molecule has 0 unspecified atom stereocenters. The van der Waals surface area contributed by atoms with Crippen molar-refractivity contribution in [2.24, 2.45) is 5.92 Å². The van der Waals surface area contributed by atoms with Gasteiger partial charge in [0.1, 0.15) is 0 Å². The number of rotatable bonds is 3. The molecule has 1 rings (SSSR count). The van der Waals surface area contributed by atoms with Crippen molar-refractivity contribution in [2.75, 3.05) is 0 Å². The average Bonchev–Trinajstić information content (AvgIpc) is 2.34. The van der Waals surface area contributed by atoms with Gasteiger partial charge in [-0.3, -0.25) is 0 Å². The zero-order valence-corrected chi connectivity index (χ0v) is 13.2. The molecule has 0 N–H and O–H groups in total. The number of hydrogen-bond acceptors (Lipinski definition) is 0. The van der Waals surface area contributed by atoms with E-state index in [-0.39, 0.29) is 0 Å². The van der Waals surface area contributed by atoms with Crippen LogP contribution in [0.2, 0.25) is 0 Å². The summed E-state index contributed by atoms with van der Waals surface area (Å²) in [4.78, 5) is 0. The highest BCUT2D eigenvalue weighted by atomic mass is 14.1. The monoisotopic (exact) mass is 236 g/mol. The molecule has 0 radical (unpaired) electrons. The van der Waals surface area contributed by atoms with Crippen LogP contribution in [0.3, 0.4) is 0 Å². The van der Waals surface area contributed by atoms with Crippen molar-refractivity contribution in [1.82, 2.24) is 0 Å². The van der Waals surface area contributed by atoms with Gasteiger partial charge < -0.3 is 0 Å². The van der Waals surface area contributed by atoms with Crippen LogP contribution in [-0.4, -0.2) is 0 Å². The third-order valence-corrected chi connectivity index (χ3v) is 2.37. The van der Waals surface area contributed by atoms with Crippen molar-refractivity contribution in [3.8, 4) is 0 Å². The molecule has 100 valence electrons. The van der Waals surface area contributed by atoms with Gasteiger partial charge >= 0.3 is 0 Å². The first kappa shape index (κ1) is 18.6. The molecule has 1 aromatic rings. The predicted octanol–water partition coefficient (Wildman–Crippen LogP) is 5.81. The Morgan fingerprint density at radius 1 is 0.941 bits per heavy atom. The molecule has 0 aromatic heterocycles. The maximum Gasteiger partial charge on any atom is -0.0253 e. The summed E-state index contributed by atoms with van der Waals surface area (Å²) in [6, 6.07) is 6.81. The summed E-state index contributed by atoms with van der Waals surface area (Å²) in [5.74, 6) is 0.757. The van der Waals surface area contributed by atoms with Gasteiger partial charge in [-0.25, -0.2) is 0 Å². The Balaban J connectivity index is 0. The first-order valence-electron chi connectivity index (χ1n) is 7.22. The topological polar surface area (TPSA) is 0 Å². The van der Waals surface area contributed by atoms with Crippen molar-refractivity contribution in [3.05, 3.63) is 34.9 Å². The minimum atomic E-state index is 0.757. The fraction of sp³-hybridized carbons (Fsp3) is 0.647. The fourth-order valence-corrected chi connectivity index (χ4v) is 1.73. The minimum Gasteiger partial charge on any atom is -0.0683 e. The van der Waals surface area contributed by atoms with E-state index in [1.807, 2.05) is 27.7 Å². The van der Waals surface area contributed by atoms with E-state index in [4.69, 9.17) is 0 Å². The van der Waals surface area contributed by atoms with Gasteiger partial charge in [-0.1, -0.05) is 72.2 Å². The summed E-state index contributed by atoms with van der Waals surface area (Å²) in [6.45, 7) is 17.0. The van der Waals surface area contributed by atoms with E-state index in [0.29, 0.717) is 0 Å². The van der Waals surface area contributed by atoms with Crippen molar-refractivity contribution in [1.29, 1.82) is 0 Å². The Morgan fingerprint density at radius 3 is 1.88 bits per heavy atom. The molecule has 1 aromatic carbocycles. The van der Waals surface area contributed by atoms with Gasteiger partial charge in [0.25, 0.3) is 0 Å². The molecule has 0 heterocycles. The second kappa shape index (κ2) is 11.7. The van der Waals surface area contributed by atoms with Crippen LogP contribution in [0.5, 0.6) is 0 Å². The normalized spacial score (nSPS) is 9.00. The molecule has 0 aliphatic carbocycles. The van der Waals surface area contributed by atoms with Crippen LogP contribution >= 0.6 is 0 Å². The summed E-state index contributed by atoms with van der Waals surface area (Å²) in [5.41, 5.74) is 4.43. The molecule has 0 saturated carbocycles. The van der Waals surface area contributed by atoms with E-state index in [9.17, 15) is 0 Å². The lowest BCUT2D eigenvalue weighted by atomic mass is 9.95. The Labute approximate surface area is 109 Å². The van der Waals surface area contributed by atoms with Crippen LogP contribution in [-0.2, 0) is 12.8 Å². The summed E-state index contributed by atoms with van der Waals surface area (Å²) < 4.78 is 0. The van der Waals surface area contributed by atoms with Gasteiger partial charge in [0.05, 0.1) is 0 Å². The molecule has 0 nitrogen and oxygen atoms in total. The largest absolute Gasteiger partial charge is 0.0683 e. The van der Waals surface area contributed by atoms with Gasteiger partial charge in [-0.2, -0.15) is 0 Å². The highest BCUT2D eigenvalue weighted by Gasteiger charge is 2.03. The molecule has 0 amide bonds. The zero-order chi connectivity index (χ0) is 13.8. The van der Waals surface area contributed by atoms with Gasteiger partial charge in [0, 0.05) is 0 Å². The maximum absolute atomic E-state index is 2.33. The van der Waals surface area contributed by atoms with Crippen molar-refractivity contribution < 1.29 is 0 Å². The Morgan fingerprint density at radius 2 is 1.47 bits per heavy atom. The van der Waals surface area contributed by atoms with Crippen molar-refractivity contribution in [2.45, 2.75) is 68.2 Å². The van der Waals surface area contributed by atoms with E-state index < -0.39 is 0 Å². The summed E-state index contributed by atoms with van der Waals surface area (Å²) in [5, 5.41) is 0.